The first-order valence-corrected chi connectivity index (χ1v) is 7.10. The second-order valence-corrected chi connectivity index (χ2v) is 5.40. The average molecular weight is 291 g/mol. The van der Waals surface area contributed by atoms with Gasteiger partial charge in [0.15, 0.2) is 0 Å². The zero-order chi connectivity index (χ0) is 14.7. The number of thioether (sulfide) groups is 1. The number of carbonyl (C=O) groups excluding carboxylic acids is 1. The largest absolute Gasteiger partial charge is 0.465 e. The number of carbonyl (C=O) groups is 1. The van der Waals surface area contributed by atoms with Crippen LogP contribution in [-0.4, -0.2) is 22.9 Å². The van der Waals surface area contributed by atoms with Crippen molar-refractivity contribution in [2.24, 2.45) is 7.05 Å². The Bertz CT molecular complexity index is 637. The van der Waals surface area contributed by atoms with Gasteiger partial charge < -0.3 is 10.5 Å². The molecular weight excluding hydrogens is 274 g/mol. The van der Waals surface area contributed by atoms with Gasteiger partial charge in [-0.05, 0) is 24.6 Å². The summed E-state index contributed by atoms with van der Waals surface area (Å²) >= 11 is 1.61. The highest BCUT2D eigenvalue weighted by molar-refractivity contribution is 7.98. The molecule has 6 heteroatoms. The second-order valence-electron chi connectivity index (χ2n) is 4.41. The zero-order valence-corrected chi connectivity index (χ0v) is 12.5. The number of esters is 1. The molecule has 1 heterocycles. The van der Waals surface area contributed by atoms with Crippen molar-refractivity contribution >= 4 is 23.4 Å². The first kappa shape index (κ1) is 14.5. The van der Waals surface area contributed by atoms with E-state index >= 15 is 0 Å². The van der Waals surface area contributed by atoms with E-state index in [-0.39, 0.29) is 0 Å². The summed E-state index contributed by atoms with van der Waals surface area (Å²) in [7, 11) is 3.26. The summed E-state index contributed by atoms with van der Waals surface area (Å²) < 4.78 is 6.62. The molecule has 20 heavy (non-hydrogen) atoms. The van der Waals surface area contributed by atoms with Crippen LogP contribution in [0.1, 0.15) is 21.6 Å². The van der Waals surface area contributed by atoms with Crippen LogP contribution in [0.5, 0.6) is 0 Å². The number of benzene rings is 1. The van der Waals surface area contributed by atoms with Crippen molar-refractivity contribution in [3.05, 3.63) is 41.1 Å². The lowest BCUT2D eigenvalue weighted by Crippen LogP contribution is -2.09. The highest BCUT2D eigenvalue weighted by Crippen LogP contribution is 2.27. The third-order valence-corrected chi connectivity index (χ3v) is 4.04. The number of ether oxygens (including phenoxy) is 1. The number of nitrogens with zero attached hydrogens (tertiary/aromatic N) is 2. The summed E-state index contributed by atoms with van der Waals surface area (Å²) in [5, 5.41) is 5.34. The van der Waals surface area contributed by atoms with Gasteiger partial charge in [0, 0.05) is 18.5 Å². The van der Waals surface area contributed by atoms with E-state index in [1.54, 1.807) is 17.8 Å². The molecule has 0 aliphatic rings. The van der Waals surface area contributed by atoms with E-state index in [0.717, 1.165) is 16.3 Å². The molecule has 106 valence electrons. The fraction of sp³-hybridized carbons (Fsp3) is 0.286. The van der Waals surface area contributed by atoms with Gasteiger partial charge in [-0.3, -0.25) is 4.68 Å². The normalized spacial score (nSPS) is 10.6. The molecule has 1 aromatic heterocycles. The van der Waals surface area contributed by atoms with Gasteiger partial charge in [0.25, 0.3) is 0 Å². The predicted octanol–water partition coefficient (Wildman–Crippen LogP) is 2.39. The standard InChI is InChI=1S/C14H17N3O2S/c1-9-7-12(17(2)16-9)20-8-10-5-4-6-11(15)13(10)14(18)19-3/h4-7H,8,15H2,1-3H3. The number of hydrogen-bond donors (Lipinski definition) is 1. The zero-order valence-electron chi connectivity index (χ0n) is 11.7. The Labute approximate surface area is 122 Å². The van der Waals surface area contributed by atoms with Crippen molar-refractivity contribution in [3.8, 4) is 0 Å². The number of methoxy groups -OCH3 is 1. The van der Waals surface area contributed by atoms with Gasteiger partial charge in [0.2, 0.25) is 0 Å². The summed E-state index contributed by atoms with van der Waals surface area (Å²) in [5.41, 5.74) is 8.59. The molecule has 2 aromatic rings. The first-order valence-electron chi connectivity index (χ1n) is 6.12. The highest BCUT2D eigenvalue weighted by Gasteiger charge is 2.16. The highest BCUT2D eigenvalue weighted by atomic mass is 32.2. The van der Waals surface area contributed by atoms with Gasteiger partial charge in [0.05, 0.1) is 23.4 Å². The smallest absolute Gasteiger partial charge is 0.340 e. The number of aryl methyl sites for hydroxylation is 2. The van der Waals surface area contributed by atoms with Crippen LogP contribution in [0, 0.1) is 6.92 Å². The Balaban J connectivity index is 2.23. The molecule has 2 N–H and O–H groups in total. The fourth-order valence-corrected chi connectivity index (χ4v) is 2.99. The van der Waals surface area contributed by atoms with Gasteiger partial charge in [-0.25, -0.2) is 4.79 Å². The fourth-order valence-electron chi connectivity index (χ4n) is 1.96. The maximum Gasteiger partial charge on any atom is 0.340 e. The van der Waals surface area contributed by atoms with E-state index < -0.39 is 5.97 Å². The van der Waals surface area contributed by atoms with Crippen LogP contribution in [0.3, 0.4) is 0 Å². The Kier molecular flexibility index (Phi) is 4.34. The molecule has 0 aliphatic heterocycles. The van der Waals surface area contributed by atoms with Crippen LogP contribution in [0.2, 0.25) is 0 Å². The maximum absolute atomic E-state index is 11.8. The molecule has 0 radical (unpaired) electrons. The molecule has 5 nitrogen and oxygen atoms in total. The molecule has 0 amide bonds. The van der Waals surface area contributed by atoms with E-state index in [4.69, 9.17) is 10.5 Å². The summed E-state index contributed by atoms with van der Waals surface area (Å²) in [6, 6.07) is 7.44. The van der Waals surface area contributed by atoms with E-state index in [1.165, 1.54) is 7.11 Å². The summed E-state index contributed by atoms with van der Waals surface area (Å²) in [4.78, 5) is 11.8. The number of nitrogens with two attached hydrogens (primary N) is 1. The Morgan fingerprint density at radius 1 is 1.50 bits per heavy atom. The van der Waals surface area contributed by atoms with Crippen LogP contribution in [0.15, 0.2) is 29.3 Å². The number of aromatic nitrogens is 2. The van der Waals surface area contributed by atoms with Crippen LogP contribution in [-0.2, 0) is 17.5 Å². The minimum absolute atomic E-state index is 0.403. The maximum atomic E-state index is 11.8. The van der Waals surface area contributed by atoms with E-state index in [0.29, 0.717) is 17.0 Å². The molecule has 0 fully saturated rings. The summed E-state index contributed by atoms with van der Waals surface area (Å²) in [6.45, 7) is 1.95. The summed E-state index contributed by atoms with van der Waals surface area (Å²) in [6.07, 6.45) is 0. The van der Waals surface area contributed by atoms with E-state index in [2.05, 4.69) is 5.10 Å². The van der Waals surface area contributed by atoms with Crippen LogP contribution in [0.4, 0.5) is 5.69 Å². The number of nitrogen functional groups attached to an aromatic ring is 1. The molecule has 0 spiro atoms. The Hall–Kier alpha value is -1.95. The molecule has 0 saturated carbocycles. The van der Waals surface area contributed by atoms with E-state index in [9.17, 15) is 4.79 Å². The van der Waals surface area contributed by atoms with Crippen molar-refractivity contribution in [2.45, 2.75) is 17.7 Å². The molecule has 0 aliphatic carbocycles. The molecule has 2 rings (SSSR count). The van der Waals surface area contributed by atoms with Gasteiger partial charge in [-0.1, -0.05) is 12.1 Å². The topological polar surface area (TPSA) is 70.1 Å². The minimum Gasteiger partial charge on any atom is -0.465 e. The SMILES string of the molecule is COC(=O)c1c(N)cccc1CSc1cc(C)nn1C. The quantitative estimate of drug-likeness (QED) is 0.532. The lowest BCUT2D eigenvalue weighted by atomic mass is 10.1. The molecule has 0 bridgehead atoms. The van der Waals surface area contributed by atoms with Crippen molar-refractivity contribution in [1.82, 2.24) is 9.78 Å². The van der Waals surface area contributed by atoms with E-state index in [1.807, 2.05) is 36.9 Å². The third-order valence-electron chi connectivity index (χ3n) is 2.91. The number of rotatable bonds is 4. The second kappa shape index (κ2) is 6.00. The number of hydrogen-bond acceptors (Lipinski definition) is 5. The van der Waals surface area contributed by atoms with Crippen LogP contribution >= 0.6 is 11.8 Å². The lowest BCUT2D eigenvalue weighted by molar-refractivity contribution is 0.0601. The van der Waals surface area contributed by atoms with Gasteiger partial charge in [-0.15, -0.1) is 11.8 Å². The molecule has 0 saturated heterocycles. The van der Waals surface area contributed by atoms with Crippen LogP contribution < -0.4 is 5.73 Å². The lowest BCUT2D eigenvalue weighted by Gasteiger charge is -2.10. The van der Waals surface area contributed by atoms with Crippen LogP contribution in [0.25, 0.3) is 0 Å². The monoisotopic (exact) mass is 291 g/mol. The van der Waals surface area contributed by atoms with Gasteiger partial charge in [-0.2, -0.15) is 5.10 Å². The first-order chi connectivity index (χ1) is 9.52. The minimum atomic E-state index is -0.403. The molecule has 0 unspecified atom stereocenters. The van der Waals surface area contributed by atoms with Crippen molar-refractivity contribution in [2.75, 3.05) is 12.8 Å². The Morgan fingerprint density at radius 2 is 2.25 bits per heavy atom. The van der Waals surface area contributed by atoms with Crippen molar-refractivity contribution in [3.63, 3.8) is 0 Å². The third kappa shape index (κ3) is 2.96. The molecule has 0 atom stereocenters. The number of anilines is 1. The van der Waals surface area contributed by atoms with Gasteiger partial charge >= 0.3 is 5.97 Å². The Morgan fingerprint density at radius 3 is 2.85 bits per heavy atom. The average Bonchev–Trinajstić information content (AvgIpc) is 2.74. The summed E-state index contributed by atoms with van der Waals surface area (Å²) in [5.74, 6) is 0.230. The van der Waals surface area contributed by atoms with Gasteiger partial charge in [0.1, 0.15) is 0 Å². The molecule has 1 aromatic carbocycles. The van der Waals surface area contributed by atoms with Crippen molar-refractivity contribution < 1.29 is 9.53 Å². The molecular formula is C14H17N3O2S. The predicted molar refractivity (Wildman–Crippen MR) is 79.7 cm³/mol. The van der Waals surface area contributed by atoms with Crippen molar-refractivity contribution in [1.29, 1.82) is 0 Å².